The summed E-state index contributed by atoms with van der Waals surface area (Å²) >= 11 is 11.6. The van der Waals surface area contributed by atoms with Crippen LogP contribution in [0.2, 0.25) is 10.0 Å². The van der Waals surface area contributed by atoms with E-state index in [1.54, 1.807) is 24.3 Å². The first-order valence-electron chi connectivity index (χ1n) is 5.30. The number of nitrogens with zero attached hydrogens (tertiary/aromatic N) is 2. The summed E-state index contributed by atoms with van der Waals surface area (Å²) in [6.45, 7) is -0.190. The molecular formula is C12H9Cl2N3O2. The minimum Gasteiger partial charge on any atom is -0.453 e. The summed E-state index contributed by atoms with van der Waals surface area (Å²) in [6, 6.07) is 6.60. The number of hydrogen-bond donors (Lipinski definition) is 1. The average molecular weight is 298 g/mol. The van der Waals surface area contributed by atoms with E-state index in [2.05, 4.69) is 15.3 Å². The maximum absolute atomic E-state index is 11.6. The molecule has 1 amide bonds. The zero-order valence-corrected chi connectivity index (χ0v) is 11.1. The Morgan fingerprint density at radius 2 is 1.95 bits per heavy atom. The summed E-state index contributed by atoms with van der Waals surface area (Å²) < 4.78 is 5.10. The Morgan fingerprint density at radius 3 is 2.63 bits per heavy atom. The standard InChI is InChI=1S/C12H9Cl2N3O2/c13-9-3-2-8(6-10(9)14)17-11(18)7-19-12-15-4-1-5-16-12/h1-6H,7H2,(H,17,18). The van der Waals surface area contributed by atoms with Crippen molar-refractivity contribution in [3.05, 3.63) is 46.7 Å². The lowest BCUT2D eigenvalue weighted by atomic mass is 10.3. The van der Waals surface area contributed by atoms with E-state index in [-0.39, 0.29) is 18.5 Å². The average Bonchev–Trinajstić information content (AvgIpc) is 2.42. The Bertz CT molecular complexity index is 578. The van der Waals surface area contributed by atoms with E-state index in [9.17, 15) is 4.79 Å². The Morgan fingerprint density at radius 1 is 1.21 bits per heavy atom. The van der Waals surface area contributed by atoms with Crippen LogP contribution in [-0.2, 0) is 4.79 Å². The quantitative estimate of drug-likeness (QED) is 0.942. The molecule has 5 nitrogen and oxygen atoms in total. The third kappa shape index (κ3) is 4.08. The van der Waals surface area contributed by atoms with Gasteiger partial charge in [0.15, 0.2) is 6.61 Å². The molecule has 0 bridgehead atoms. The minimum atomic E-state index is -0.342. The maximum Gasteiger partial charge on any atom is 0.316 e. The number of rotatable bonds is 4. The van der Waals surface area contributed by atoms with E-state index in [1.165, 1.54) is 12.4 Å². The fourth-order valence-electron chi connectivity index (χ4n) is 1.26. The van der Waals surface area contributed by atoms with Gasteiger partial charge in [0.1, 0.15) is 0 Å². The van der Waals surface area contributed by atoms with Gasteiger partial charge in [-0.15, -0.1) is 0 Å². The van der Waals surface area contributed by atoms with Gasteiger partial charge in [0.05, 0.1) is 10.0 Å². The van der Waals surface area contributed by atoms with Gasteiger partial charge >= 0.3 is 6.01 Å². The number of halogens is 2. The second-order valence-electron chi connectivity index (χ2n) is 3.50. The van der Waals surface area contributed by atoms with E-state index < -0.39 is 0 Å². The lowest BCUT2D eigenvalue weighted by Crippen LogP contribution is -2.20. The molecule has 0 aliphatic heterocycles. The Balaban J connectivity index is 1.89. The molecule has 0 unspecified atom stereocenters. The summed E-state index contributed by atoms with van der Waals surface area (Å²) in [4.78, 5) is 19.3. The summed E-state index contributed by atoms with van der Waals surface area (Å²) in [7, 11) is 0. The van der Waals surface area contributed by atoms with Gasteiger partial charge < -0.3 is 10.1 Å². The first-order chi connectivity index (χ1) is 9.15. The predicted molar refractivity (Wildman–Crippen MR) is 72.6 cm³/mol. The zero-order valence-electron chi connectivity index (χ0n) is 9.64. The highest BCUT2D eigenvalue weighted by Crippen LogP contribution is 2.24. The van der Waals surface area contributed by atoms with Gasteiger partial charge in [0.25, 0.3) is 5.91 Å². The van der Waals surface area contributed by atoms with Gasteiger partial charge in [0, 0.05) is 18.1 Å². The molecule has 1 heterocycles. The van der Waals surface area contributed by atoms with Crippen LogP contribution in [0.5, 0.6) is 6.01 Å². The zero-order chi connectivity index (χ0) is 13.7. The van der Waals surface area contributed by atoms with Crippen LogP contribution >= 0.6 is 23.2 Å². The van der Waals surface area contributed by atoms with Crippen LogP contribution in [0.1, 0.15) is 0 Å². The number of amides is 1. The van der Waals surface area contributed by atoms with Crippen molar-refractivity contribution in [2.75, 3.05) is 11.9 Å². The van der Waals surface area contributed by atoms with Gasteiger partial charge in [-0.25, -0.2) is 9.97 Å². The molecule has 7 heteroatoms. The molecular weight excluding hydrogens is 289 g/mol. The molecule has 0 saturated carbocycles. The van der Waals surface area contributed by atoms with Gasteiger partial charge in [-0.1, -0.05) is 23.2 Å². The highest BCUT2D eigenvalue weighted by atomic mass is 35.5. The number of nitrogens with one attached hydrogen (secondary N) is 1. The molecule has 0 fully saturated rings. The topological polar surface area (TPSA) is 64.1 Å². The molecule has 0 saturated heterocycles. The first-order valence-corrected chi connectivity index (χ1v) is 6.05. The monoisotopic (exact) mass is 297 g/mol. The van der Waals surface area contributed by atoms with Crippen LogP contribution in [0.4, 0.5) is 5.69 Å². The second-order valence-corrected chi connectivity index (χ2v) is 4.31. The SMILES string of the molecule is O=C(COc1ncccn1)Nc1ccc(Cl)c(Cl)c1. The molecule has 0 atom stereocenters. The van der Waals surface area contributed by atoms with Crippen LogP contribution in [0.3, 0.4) is 0 Å². The van der Waals surface area contributed by atoms with Crippen molar-refractivity contribution >= 4 is 34.8 Å². The number of aromatic nitrogens is 2. The van der Waals surface area contributed by atoms with E-state index in [0.717, 1.165) is 0 Å². The number of benzene rings is 1. The smallest absolute Gasteiger partial charge is 0.316 e. The molecule has 0 radical (unpaired) electrons. The van der Waals surface area contributed by atoms with Crippen molar-refractivity contribution in [1.29, 1.82) is 0 Å². The van der Waals surface area contributed by atoms with Gasteiger partial charge in [-0.3, -0.25) is 4.79 Å². The van der Waals surface area contributed by atoms with E-state index >= 15 is 0 Å². The Labute approximate surface area is 119 Å². The molecule has 0 aliphatic carbocycles. The third-order valence-electron chi connectivity index (χ3n) is 2.08. The van der Waals surface area contributed by atoms with Crippen LogP contribution in [0, 0.1) is 0 Å². The van der Waals surface area contributed by atoms with Gasteiger partial charge in [-0.05, 0) is 24.3 Å². The van der Waals surface area contributed by atoms with Gasteiger partial charge in [0.2, 0.25) is 0 Å². The van der Waals surface area contributed by atoms with Crippen molar-refractivity contribution in [2.24, 2.45) is 0 Å². The normalized spacial score (nSPS) is 10.0. The predicted octanol–water partition coefficient (Wildman–Crippen LogP) is 2.80. The molecule has 19 heavy (non-hydrogen) atoms. The molecule has 1 aromatic heterocycles. The number of hydrogen-bond acceptors (Lipinski definition) is 4. The van der Waals surface area contributed by atoms with E-state index in [4.69, 9.17) is 27.9 Å². The number of carbonyl (C=O) groups is 1. The van der Waals surface area contributed by atoms with E-state index in [0.29, 0.717) is 15.7 Å². The van der Waals surface area contributed by atoms with Crippen molar-refractivity contribution < 1.29 is 9.53 Å². The molecule has 2 aromatic rings. The molecule has 98 valence electrons. The Hall–Kier alpha value is -1.85. The summed E-state index contributed by atoms with van der Waals surface area (Å²) in [5, 5.41) is 3.41. The maximum atomic E-state index is 11.6. The molecule has 2 rings (SSSR count). The minimum absolute atomic E-state index is 0.145. The second kappa shape index (κ2) is 6.36. The third-order valence-corrected chi connectivity index (χ3v) is 2.82. The van der Waals surface area contributed by atoms with Crippen molar-refractivity contribution in [3.8, 4) is 6.01 Å². The molecule has 1 N–H and O–H groups in total. The number of ether oxygens (including phenoxy) is 1. The molecule has 0 spiro atoms. The fraction of sp³-hybridized carbons (Fsp3) is 0.0833. The van der Waals surface area contributed by atoms with Gasteiger partial charge in [-0.2, -0.15) is 0 Å². The van der Waals surface area contributed by atoms with Crippen LogP contribution in [0.15, 0.2) is 36.7 Å². The summed E-state index contributed by atoms with van der Waals surface area (Å²) in [5.74, 6) is -0.342. The van der Waals surface area contributed by atoms with Crippen LogP contribution in [-0.4, -0.2) is 22.5 Å². The summed E-state index contributed by atoms with van der Waals surface area (Å²) in [6.07, 6.45) is 3.05. The Kier molecular flexibility index (Phi) is 4.54. The molecule has 0 aliphatic rings. The van der Waals surface area contributed by atoms with Crippen molar-refractivity contribution in [2.45, 2.75) is 0 Å². The van der Waals surface area contributed by atoms with Crippen molar-refractivity contribution in [1.82, 2.24) is 9.97 Å². The van der Waals surface area contributed by atoms with Crippen LogP contribution in [0.25, 0.3) is 0 Å². The number of anilines is 1. The van der Waals surface area contributed by atoms with Crippen molar-refractivity contribution in [3.63, 3.8) is 0 Å². The highest BCUT2D eigenvalue weighted by molar-refractivity contribution is 6.42. The number of carbonyl (C=O) groups excluding carboxylic acids is 1. The fourth-order valence-corrected chi connectivity index (χ4v) is 1.56. The largest absolute Gasteiger partial charge is 0.453 e. The lowest BCUT2D eigenvalue weighted by molar-refractivity contribution is -0.118. The summed E-state index contributed by atoms with van der Waals surface area (Å²) in [5.41, 5.74) is 0.539. The molecule has 1 aromatic carbocycles. The van der Waals surface area contributed by atoms with Crippen LogP contribution < -0.4 is 10.1 Å². The van der Waals surface area contributed by atoms with E-state index in [1.807, 2.05) is 0 Å². The highest BCUT2D eigenvalue weighted by Gasteiger charge is 2.06. The lowest BCUT2D eigenvalue weighted by Gasteiger charge is -2.06. The first kappa shape index (κ1) is 13.6.